The van der Waals surface area contributed by atoms with Crippen LogP contribution in [0, 0.1) is 13.8 Å². The minimum Gasteiger partial charge on any atom is -0.494 e. The van der Waals surface area contributed by atoms with E-state index in [-0.39, 0.29) is 12.1 Å². The van der Waals surface area contributed by atoms with Gasteiger partial charge in [0.2, 0.25) is 0 Å². The third-order valence-corrected chi connectivity index (χ3v) is 5.21. The van der Waals surface area contributed by atoms with Gasteiger partial charge in [0.05, 0.1) is 24.9 Å². The number of nitrogens with zero attached hydrogens (tertiary/aromatic N) is 3. The number of benzene rings is 2. The van der Waals surface area contributed by atoms with E-state index in [0.29, 0.717) is 12.1 Å². The van der Waals surface area contributed by atoms with Gasteiger partial charge in [0, 0.05) is 18.0 Å². The van der Waals surface area contributed by atoms with E-state index in [4.69, 9.17) is 4.74 Å². The highest BCUT2D eigenvalue weighted by Crippen LogP contribution is 2.24. The summed E-state index contributed by atoms with van der Waals surface area (Å²) in [5.74, 6) is 0.755. The number of hydrogen-bond donors (Lipinski definition) is 1. The Kier molecular flexibility index (Phi) is 5.42. The molecule has 0 bridgehead atoms. The highest BCUT2D eigenvalue weighted by atomic mass is 16.5. The third-order valence-electron chi connectivity index (χ3n) is 5.21. The average molecular weight is 403 g/mol. The molecule has 0 fully saturated rings. The molecule has 6 nitrogen and oxygen atoms in total. The van der Waals surface area contributed by atoms with Crippen LogP contribution in [0.2, 0.25) is 0 Å². The predicted octanol–water partition coefficient (Wildman–Crippen LogP) is 3.91. The summed E-state index contributed by atoms with van der Waals surface area (Å²) in [4.78, 5) is 13.0. The largest absolute Gasteiger partial charge is 0.494 e. The van der Waals surface area contributed by atoms with Gasteiger partial charge < -0.3 is 14.4 Å². The topological polar surface area (TPSA) is 68.8 Å². The van der Waals surface area contributed by atoms with Gasteiger partial charge in [0.15, 0.2) is 0 Å². The molecule has 0 spiro atoms. The first-order valence-electron chi connectivity index (χ1n) is 10.0. The predicted molar refractivity (Wildman–Crippen MR) is 117 cm³/mol. The Morgan fingerprint density at radius 1 is 1.07 bits per heavy atom. The number of aryl methyl sites for hydroxylation is 2. The van der Waals surface area contributed by atoms with Crippen molar-refractivity contribution in [3.05, 3.63) is 88.0 Å². The van der Waals surface area contributed by atoms with Crippen LogP contribution in [0.3, 0.4) is 0 Å². The molecule has 154 valence electrons. The van der Waals surface area contributed by atoms with E-state index < -0.39 is 6.10 Å². The van der Waals surface area contributed by atoms with Crippen LogP contribution in [0.15, 0.2) is 65.7 Å². The van der Waals surface area contributed by atoms with Crippen LogP contribution in [-0.4, -0.2) is 25.9 Å². The lowest BCUT2D eigenvalue weighted by Crippen LogP contribution is -2.24. The van der Waals surface area contributed by atoms with Crippen molar-refractivity contribution in [1.29, 1.82) is 0 Å². The molecule has 0 saturated heterocycles. The summed E-state index contributed by atoms with van der Waals surface area (Å²) < 4.78 is 8.55. The van der Waals surface area contributed by atoms with E-state index in [1.807, 2.05) is 50.2 Å². The summed E-state index contributed by atoms with van der Waals surface area (Å²) in [5, 5.41) is 15.2. The second-order valence-corrected chi connectivity index (χ2v) is 7.45. The molecule has 0 aliphatic rings. The van der Waals surface area contributed by atoms with E-state index >= 15 is 0 Å². The minimum absolute atomic E-state index is 0.160. The summed E-state index contributed by atoms with van der Waals surface area (Å²) in [7, 11) is 0. The molecule has 1 N–H and O–H groups in total. The summed E-state index contributed by atoms with van der Waals surface area (Å²) in [6, 6.07) is 15.2. The van der Waals surface area contributed by atoms with Gasteiger partial charge in [-0.15, -0.1) is 0 Å². The summed E-state index contributed by atoms with van der Waals surface area (Å²) in [5.41, 5.74) is 5.08. The number of aromatic nitrogens is 3. The average Bonchev–Trinajstić information content (AvgIpc) is 3.15. The van der Waals surface area contributed by atoms with Crippen LogP contribution in [-0.2, 0) is 6.54 Å². The number of fused-ring (bicyclic) bond motifs is 1. The molecule has 2 aromatic carbocycles. The Hall–Kier alpha value is -3.38. The quantitative estimate of drug-likeness (QED) is 0.530. The number of ether oxygens (including phenoxy) is 1. The van der Waals surface area contributed by atoms with E-state index in [0.717, 1.165) is 28.1 Å². The van der Waals surface area contributed by atoms with Crippen LogP contribution in [0.4, 0.5) is 0 Å². The molecule has 0 radical (unpaired) electrons. The molecule has 6 heteroatoms. The van der Waals surface area contributed by atoms with E-state index in [9.17, 15) is 9.90 Å². The van der Waals surface area contributed by atoms with Crippen molar-refractivity contribution in [3.8, 4) is 17.0 Å². The first-order valence-corrected chi connectivity index (χ1v) is 10.0. The zero-order valence-electron chi connectivity index (χ0n) is 17.4. The fourth-order valence-electron chi connectivity index (χ4n) is 3.65. The molecule has 30 heavy (non-hydrogen) atoms. The van der Waals surface area contributed by atoms with Crippen molar-refractivity contribution in [3.63, 3.8) is 0 Å². The molecule has 0 saturated carbocycles. The highest BCUT2D eigenvalue weighted by Gasteiger charge is 2.14. The third kappa shape index (κ3) is 3.86. The van der Waals surface area contributed by atoms with Crippen LogP contribution in [0.5, 0.6) is 5.75 Å². The number of hydrogen-bond acceptors (Lipinski definition) is 4. The summed E-state index contributed by atoms with van der Waals surface area (Å²) in [6.45, 7) is 6.76. The van der Waals surface area contributed by atoms with Crippen molar-refractivity contribution >= 4 is 5.52 Å². The Morgan fingerprint density at radius 2 is 1.83 bits per heavy atom. The maximum atomic E-state index is 13.0. The zero-order valence-corrected chi connectivity index (χ0v) is 17.4. The molecule has 4 rings (SSSR count). The van der Waals surface area contributed by atoms with Crippen molar-refractivity contribution in [1.82, 2.24) is 14.2 Å². The lowest BCUT2D eigenvalue weighted by atomic mass is 10.0. The molecule has 0 unspecified atom stereocenters. The highest BCUT2D eigenvalue weighted by molar-refractivity contribution is 5.68. The van der Waals surface area contributed by atoms with Gasteiger partial charge in [-0.3, -0.25) is 4.79 Å². The Balaban J connectivity index is 1.62. The maximum Gasteiger partial charge on any atom is 0.276 e. The van der Waals surface area contributed by atoms with Gasteiger partial charge in [-0.2, -0.15) is 5.10 Å². The molecule has 0 aliphatic carbocycles. The second kappa shape index (κ2) is 8.16. The van der Waals surface area contributed by atoms with Crippen LogP contribution >= 0.6 is 0 Å². The summed E-state index contributed by atoms with van der Waals surface area (Å²) in [6.07, 6.45) is 2.60. The molecule has 0 aliphatic heterocycles. The second-order valence-electron chi connectivity index (χ2n) is 7.45. The normalized spacial score (nSPS) is 12.3. The fourth-order valence-corrected chi connectivity index (χ4v) is 3.65. The lowest BCUT2D eigenvalue weighted by molar-refractivity contribution is 0.155. The molecular formula is C24H25N3O3. The van der Waals surface area contributed by atoms with E-state index in [2.05, 4.69) is 18.1 Å². The zero-order chi connectivity index (χ0) is 21.3. The Morgan fingerprint density at radius 3 is 2.53 bits per heavy atom. The SMILES string of the molecule is CCOc1ccc([C@@H](O)Cn2ccn3nc(-c4ccc(C)cc4C)cc3c2=O)cc1. The van der Waals surface area contributed by atoms with Crippen molar-refractivity contribution in [2.45, 2.75) is 33.4 Å². The van der Waals surface area contributed by atoms with E-state index in [1.165, 1.54) is 10.1 Å². The molecule has 2 aromatic heterocycles. The fraction of sp³-hybridized carbons (Fsp3) is 0.250. The molecular weight excluding hydrogens is 378 g/mol. The standard InChI is InChI=1S/C24H25N3O3/c1-4-30-19-8-6-18(7-9-19)23(28)15-26-11-12-27-22(24(26)29)14-21(25-27)20-10-5-16(2)13-17(20)3/h5-14,23,28H,4,15H2,1-3H3/t23-/m0/s1. The molecule has 0 amide bonds. The number of aliphatic hydroxyl groups is 1. The van der Waals surface area contributed by atoms with Gasteiger partial charge in [-0.1, -0.05) is 35.9 Å². The molecule has 2 heterocycles. The lowest BCUT2D eigenvalue weighted by Gasteiger charge is -2.14. The first kappa shape index (κ1) is 19.9. The van der Waals surface area contributed by atoms with Gasteiger partial charge in [0.25, 0.3) is 5.56 Å². The van der Waals surface area contributed by atoms with Gasteiger partial charge in [0.1, 0.15) is 11.3 Å². The van der Waals surface area contributed by atoms with Crippen molar-refractivity contribution in [2.75, 3.05) is 6.61 Å². The van der Waals surface area contributed by atoms with E-state index in [1.54, 1.807) is 23.0 Å². The Labute approximate surface area is 175 Å². The van der Waals surface area contributed by atoms with Crippen LogP contribution in [0.25, 0.3) is 16.8 Å². The number of aliphatic hydroxyl groups excluding tert-OH is 1. The Bertz CT molecular complexity index is 1240. The minimum atomic E-state index is -0.803. The monoisotopic (exact) mass is 403 g/mol. The molecule has 4 aromatic rings. The van der Waals surface area contributed by atoms with Gasteiger partial charge in [-0.05, 0) is 50.1 Å². The first-order chi connectivity index (χ1) is 14.5. The van der Waals surface area contributed by atoms with Crippen molar-refractivity contribution in [2.24, 2.45) is 0 Å². The molecule has 1 atom stereocenters. The number of rotatable bonds is 6. The summed E-state index contributed by atoms with van der Waals surface area (Å²) >= 11 is 0. The van der Waals surface area contributed by atoms with Crippen molar-refractivity contribution < 1.29 is 9.84 Å². The van der Waals surface area contributed by atoms with Gasteiger partial charge >= 0.3 is 0 Å². The maximum absolute atomic E-state index is 13.0. The van der Waals surface area contributed by atoms with Crippen LogP contribution < -0.4 is 10.3 Å². The smallest absolute Gasteiger partial charge is 0.276 e. The van der Waals surface area contributed by atoms with Gasteiger partial charge in [-0.25, -0.2) is 4.52 Å². The van der Waals surface area contributed by atoms with Crippen LogP contribution in [0.1, 0.15) is 29.7 Å².